The Morgan fingerprint density at radius 2 is 2.00 bits per heavy atom. The summed E-state index contributed by atoms with van der Waals surface area (Å²) in [5.74, 6) is 0.738. The number of urea groups is 1. The summed E-state index contributed by atoms with van der Waals surface area (Å²) >= 11 is 0. The topological polar surface area (TPSA) is 103 Å². The van der Waals surface area contributed by atoms with Gasteiger partial charge in [-0.3, -0.25) is 4.79 Å². The molecule has 166 valence electrons. The zero-order chi connectivity index (χ0) is 21.5. The van der Waals surface area contributed by atoms with E-state index in [0.717, 1.165) is 26.2 Å². The molecular weight excluding hydrogens is 388 g/mol. The molecular formula is C21H32N4O5. The van der Waals surface area contributed by atoms with E-state index in [1.807, 2.05) is 4.90 Å². The van der Waals surface area contributed by atoms with E-state index in [0.29, 0.717) is 30.7 Å². The summed E-state index contributed by atoms with van der Waals surface area (Å²) in [6.07, 6.45) is 0.814. The van der Waals surface area contributed by atoms with Crippen LogP contribution in [0.4, 0.5) is 10.5 Å². The Bertz CT molecular complexity index is 723. The summed E-state index contributed by atoms with van der Waals surface area (Å²) in [6, 6.07) is 6.38. The number of aliphatic hydroxyl groups excluding tert-OH is 1. The molecule has 0 aliphatic carbocycles. The van der Waals surface area contributed by atoms with Gasteiger partial charge in [0.1, 0.15) is 11.9 Å². The first-order valence-corrected chi connectivity index (χ1v) is 10.4. The van der Waals surface area contributed by atoms with Crippen molar-refractivity contribution >= 4 is 17.6 Å². The Morgan fingerprint density at radius 3 is 2.70 bits per heavy atom. The van der Waals surface area contributed by atoms with Crippen molar-refractivity contribution in [2.75, 3.05) is 52.3 Å². The fraction of sp³-hybridized carbons (Fsp3) is 0.619. The molecule has 0 saturated carbocycles. The molecule has 2 aliphatic rings. The number of hydrogen-bond donors (Lipinski definition) is 3. The molecule has 2 fully saturated rings. The molecule has 2 aliphatic heterocycles. The lowest BCUT2D eigenvalue weighted by molar-refractivity contribution is -0.141. The monoisotopic (exact) mass is 420 g/mol. The molecule has 9 heteroatoms. The summed E-state index contributed by atoms with van der Waals surface area (Å²) < 4.78 is 11.1. The quantitative estimate of drug-likeness (QED) is 0.632. The van der Waals surface area contributed by atoms with Gasteiger partial charge in [0.2, 0.25) is 5.91 Å². The van der Waals surface area contributed by atoms with Crippen LogP contribution in [0.25, 0.3) is 0 Å². The number of benzene rings is 1. The highest BCUT2D eigenvalue weighted by molar-refractivity contribution is 5.89. The maximum Gasteiger partial charge on any atom is 0.319 e. The molecule has 3 amide bonds. The Morgan fingerprint density at radius 1 is 1.23 bits per heavy atom. The summed E-state index contributed by atoms with van der Waals surface area (Å²) in [7, 11) is 3.62. The Balaban J connectivity index is 1.47. The van der Waals surface area contributed by atoms with Crippen molar-refractivity contribution in [2.45, 2.75) is 37.5 Å². The van der Waals surface area contributed by atoms with Crippen LogP contribution in [-0.4, -0.2) is 92.0 Å². The fourth-order valence-electron chi connectivity index (χ4n) is 3.86. The van der Waals surface area contributed by atoms with Crippen LogP contribution >= 0.6 is 0 Å². The third kappa shape index (κ3) is 6.07. The van der Waals surface area contributed by atoms with Crippen molar-refractivity contribution in [3.05, 3.63) is 24.3 Å². The summed E-state index contributed by atoms with van der Waals surface area (Å²) in [6.45, 7) is 3.01. The van der Waals surface area contributed by atoms with Crippen LogP contribution in [-0.2, 0) is 9.53 Å². The Kier molecular flexibility index (Phi) is 7.89. The standard InChI is InChI=1S/C21H32N4O5/c1-24-8-10-25(11-9-24)20(27)13-17-6-7-18(19(14-26)30-17)23-21(28)22-15-4-3-5-16(12-15)29-2/h3-5,12,17-19,26H,6-11,13-14H2,1-2H3,(H2,22,23,28)/t17-,18-,19-/m1/s1. The van der Waals surface area contributed by atoms with Crippen LogP contribution in [0.3, 0.4) is 0 Å². The molecule has 3 rings (SSSR count). The van der Waals surface area contributed by atoms with Crippen molar-refractivity contribution in [1.82, 2.24) is 15.1 Å². The molecule has 1 aromatic carbocycles. The molecule has 3 atom stereocenters. The van der Waals surface area contributed by atoms with Gasteiger partial charge in [0, 0.05) is 37.9 Å². The van der Waals surface area contributed by atoms with Crippen LogP contribution in [0.1, 0.15) is 19.3 Å². The highest BCUT2D eigenvalue weighted by Gasteiger charge is 2.34. The van der Waals surface area contributed by atoms with Crippen LogP contribution in [0, 0.1) is 0 Å². The number of amides is 3. The van der Waals surface area contributed by atoms with Crippen LogP contribution < -0.4 is 15.4 Å². The van der Waals surface area contributed by atoms with Crippen molar-refractivity contribution in [2.24, 2.45) is 0 Å². The Hall–Kier alpha value is -2.36. The van der Waals surface area contributed by atoms with E-state index in [-0.39, 0.29) is 30.7 Å². The normalized spacial score (nSPS) is 24.9. The van der Waals surface area contributed by atoms with Gasteiger partial charge < -0.3 is 35.0 Å². The van der Waals surface area contributed by atoms with Crippen molar-refractivity contribution < 1.29 is 24.2 Å². The van der Waals surface area contributed by atoms with E-state index in [1.54, 1.807) is 31.4 Å². The first-order valence-electron chi connectivity index (χ1n) is 10.4. The molecule has 30 heavy (non-hydrogen) atoms. The average molecular weight is 421 g/mol. The van der Waals surface area contributed by atoms with Crippen molar-refractivity contribution in [3.63, 3.8) is 0 Å². The minimum atomic E-state index is -0.542. The minimum Gasteiger partial charge on any atom is -0.497 e. The van der Waals surface area contributed by atoms with E-state index >= 15 is 0 Å². The molecule has 2 heterocycles. The second kappa shape index (κ2) is 10.6. The summed E-state index contributed by atoms with van der Waals surface area (Å²) in [5, 5.41) is 15.4. The van der Waals surface area contributed by atoms with Gasteiger partial charge in [0.15, 0.2) is 0 Å². The lowest BCUT2D eigenvalue weighted by Crippen LogP contribution is -2.53. The Labute approximate surface area is 177 Å². The van der Waals surface area contributed by atoms with Gasteiger partial charge in [-0.1, -0.05) is 6.07 Å². The number of nitrogens with one attached hydrogen (secondary N) is 2. The molecule has 2 saturated heterocycles. The SMILES string of the molecule is COc1cccc(NC(=O)N[C@@H]2CC[C@H](CC(=O)N3CCN(C)CC3)O[C@@H]2CO)c1. The molecule has 0 unspecified atom stereocenters. The number of aliphatic hydroxyl groups is 1. The van der Waals surface area contributed by atoms with Gasteiger partial charge in [-0.25, -0.2) is 4.79 Å². The van der Waals surface area contributed by atoms with E-state index in [9.17, 15) is 14.7 Å². The number of carbonyl (C=O) groups is 2. The largest absolute Gasteiger partial charge is 0.497 e. The number of rotatable bonds is 6. The van der Waals surface area contributed by atoms with Gasteiger partial charge in [0.05, 0.1) is 32.3 Å². The predicted molar refractivity (Wildman–Crippen MR) is 113 cm³/mol. The van der Waals surface area contributed by atoms with E-state index in [1.165, 1.54) is 0 Å². The number of piperazine rings is 1. The molecule has 0 bridgehead atoms. The van der Waals surface area contributed by atoms with Gasteiger partial charge in [-0.05, 0) is 32.0 Å². The minimum absolute atomic E-state index is 0.0898. The summed E-state index contributed by atoms with van der Waals surface area (Å²) in [4.78, 5) is 29.0. The number of hydrogen-bond acceptors (Lipinski definition) is 6. The molecule has 3 N–H and O–H groups in total. The van der Waals surface area contributed by atoms with Gasteiger partial charge in [-0.2, -0.15) is 0 Å². The van der Waals surface area contributed by atoms with E-state index in [4.69, 9.17) is 9.47 Å². The van der Waals surface area contributed by atoms with Crippen LogP contribution in [0.15, 0.2) is 24.3 Å². The number of carbonyl (C=O) groups excluding carboxylic acids is 2. The first-order chi connectivity index (χ1) is 14.5. The molecule has 0 spiro atoms. The smallest absolute Gasteiger partial charge is 0.319 e. The van der Waals surface area contributed by atoms with Crippen LogP contribution in [0.2, 0.25) is 0 Å². The first kappa shape index (κ1) is 22.3. The van der Waals surface area contributed by atoms with Crippen molar-refractivity contribution in [3.8, 4) is 5.75 Å². The highest BCUT2D eigenvalue weighted by Crippen LogP contribution is 2.23. The average Bonchev–Trinajstić information content (AvgIpc) is 2.75. The van der Waals surface area contributed by atoms with Crippen molar-refractivity contribution in [1.29, 1.82) is 0 Å². The van der Waals surface area contributed by atoms with Gasteiger partial charge in [-0.15, -0.1) is 0 Å². The number of anilines is 1. The number of nitrogens with zero attached hydrogens (tertiary/aromatic N) is 2. The summed E-state index contributed by atoms with van der Waals surface area (Å²) in [5.41, 5.74) is 0.611. The highest BCUT2D eigenvalue weighted by atomic mass is 16.5. The number of methoxy groups -OCH3 is 1. The zero-order valence-corrected chi connectivity index (χ0v) is 17.7. The van der Waals surface area contributed by atoms with E-state index in [2.05, 4.69) is 22.6 Å². The molecule has 0 radical (unpaired) electrons. The number of likely N-dealkylation sites (N-methyl/N-ethyl adjacent to an activating group) is 1. The third-order valence-corrected chi connectivity index (χ3v) is 5.70. The van der Waals surface area contributed by atoms with E-state index < -0.39 is 6.10 Å². The second-order valence-electron chi connectivity index (χ2n) is 7.88. The zero-order valence-electron chi connectivity index (χ0n) is 17.7. The maximum atomic E-state index is 12.6. The predicted octanol–water partition coefficient (Wildman–Crippen LogP) is 0.889. The molecule has 0 aromatic heterocycles. The number of ether oxygens (including phenoxy) is 2. The van der Waals surface area contributed by atoms with Crippen LogP contribution in [0.5, 0.6) is 5.75 Å². The van der Waals surface area contributed by atoms with Gasteiger partial charge >= 0.3 is 6.03 Å². The van der Waals surface area contributed by atoms with Gasteiger partial charge in [0.25, 0.3) is 0 Å². The lowest BCUT2D eigenvalue weighted by atomic mass is 9.97. The fourth-order valence-corrected chi connectivity index (χ4v) is 3.86. The molecule has 9 nitrogen and oxygen atoms in total. The maximum absolute atomic E-state index is 12.6. The second-order valence-corrected chi connectivity index (χ2v) is 7.88. The third-order valence-electron chi connectivity index (χ3n) is 5.70. The lowest BCUT2D eigenvalue weighted by Gasteiger charge is -2.37. The molecule has 1 aromatic rings.